The summed E-state index contributed by atoms with van der Waals surface area (Å²) in [6.45, 7) is 1.80. The average Bonchev–Trinajstić information content (AvgIpc) is 2.35. The predicted molar refractivity (Wildman–Crippen MR) is 78.9 cm³/mol. The Morgan fingerprint density at radius 3 is 1.95 bits per heavy atom. The second-order valence-electron chi connectivity index (χ2n) is 4.55. The van der Waals surface area contributed by atoms with Gasteiger partial charge in [-0.05, 0) is 6.92 Å². The monoisotopic (exact) mass is 303 g/mol. The summed E-state index contributed by atoms with van der Waals surface area (Å²) in [6, 6.07) is 3.24. The van der Waals surface area contributed by atoms with Crippen LogP contribution in [0.25, 0.3) is 0 Å². The minimum atomic E-state index is -3.04. The third-order valence-electron chi connectivity index (χ3n) is 2.63. The molecule has 0 saturated heterocycles. The Morgan fingerprint density at radius 2 is 1.60 bits per heavy atom. The van der Waals surface area contributed by atoms with E-state index in [0.717, 1.165) is 0 Å². The highest BCUT2D eigenvalue weighted by Crippen LogP contribution is 2.40. The van der Waals surface area contributed by atoms with Gasteiger partial charge >= 0.3 is 0 Å². The standard InChI is InChI=1S/C13H21NO5S/c1-9(8-20(5,15)16)14-10-6-11(17-2)13(19-4)12(7-10)18-3/h6-7,9,14H,8H2,1-5H3. The van der Waals surface area contributed by atoms with Crippen LogP contribution in [-0.4, -0.2) is 47.8 Å². The summed E-state index contributed by atoms with van der Waals surface area (Å²) >= 11 is 0. The minimum absolute atomic E-state index is 0.0453. The first-order chi connectivity index (χ1) is 9.30. The first-order valence-electron chi connectivity index (χ1n) is 6.05. The Balaban J connectivity index is 3.02. The second-order valence-corrected chi connectivity index (χ2v) is 6.74. The lowest BCUT2D eigenvalue weighted by Gasteiger charge is -2.18. The summed E-state index contributed by atoms with van der Waals surface area (Å²) in [7, 11) is 1.55. The van der Waals surface area contributed by atoms with Crippen molar-refractivity contribution in [1.82, 2.24) is 0 Å². The van der Waals surface area contributed by atoms with Gasteiger partial charge in [0.1, 0.15) is 9.84 Å². The number of sulfone groups is 1. The molecule has 0 aliphatic carbocycles. The number of nitrogens with one attached hydrogen (secondary N) is 1. The fourth-order valence-corrected chi connectivity index (χ4v) is 2.94. The first kappa shape index (κ1) is 16.4. The van der Waals surface area contributed by atoms with Gasteiger partial charge in [-0.1, -0.05) is 0 Å². The van der Waals surface area contributed by atoms with Gasteiger partial charge in [-0.2, -0.15) is 0 Å². The molecular formula is C13H21NO5S. The van der Waals surface area contributed by atoms with Crippen LogP contribution in [0.3, 0.4) is 0 Å². The van der Waals surface area contributed by atoms with E-state index in [2.05, 4.69) is 5.32 Å². The van der Waals surface area contributed by atoms with Crippen LogP contribution < -0.4 is 19.5 Å². The Hall–Kier alpha value is -1.63. The quantitative estimate of drug-likeness (QED) is 0.824. The molecule has 1 unspecified atom stereocenters. The van der Waals surface area contributed by atoms with E-state index in [0.29, 0.717) is 22.9 Å². The maximum atomic E-state index is 11.3. The van der Waals surface area contributed by atoms with Crippen molar-refractivity contribution < 1.29 is 22.6 Å². The molecule has 0 spiro atoms. The number of hydrogen-bond donors (Lipinski definition) is 1. The van der Waals surface area contributed by atoms with Crippen LogP contribution in [0.1, 0.15) is 6.92 Å². The van der Waals surface area contributed by atoms with Gasteiger partial charge in [-0.3, -0.25) is 0 Å². The van der Waals surface area contributed by atoms with E-state index in [4.69, 9.17) is 14.2 Å². The predicted octanol–water partition coefficient (Wildman–Crippen LogP) is 1.56. The van der Waals surface area contributed by atoms with Gasteiger partial charge in [0.2, 0.25) is 5.75 Å². The number of hydrogen-bond acceptors (Lipinski definition) is 6. The van der Waals surface area contributed by atoms with Crippen LogP contribution in [0, 0.1) is 0 Å². The summed E-state index contributed by atoms with van der Waals surface area (Å²) in [5.41, 5.74) is 0.704. The molecule has 1 aromatic rings. The highest BCUT2D eigenvalue weighted by molar-refractivity contribution is 7.90. The lowest BCUT2D eigenvalue weighted by molar-refractivity contribution is 0.324. The van der Waals surface area contributed by atoms with Crippen LogP contribution in [0.15, 0.2) is 12.1 Å². The molecule has 1 aromatic carbocycles. The van der Waals surface area contributed by atoms with Crippen LogP contribution in [0.2, 0.25) is 0 Å². The third kappa shape index (κ3) is 4.48. The summed E-state index contributed by atoms with van der Waals surface area (Å²) in [5, 5.41) is 3.10. The summed E-state index contributed by atoms with van der Waals surface area (Å²) < 4.78 is 38.2. The van der Waals surface area contributed by atoms with E-state index in [9.17, 15) is 8.42 Å². The molecule has 6 nitrogen and oxygen atoms in total. The van der Waals surface area contributed by atoms with E-state index in [-0.39, 0.29) is 11.8 Å². The zero-order valence-electron chi connectivity index (χ0n) is 12.4. The van der Waals surface area contributed by atoms with Gasteiger partial charge in [0.25, 0.3) is 0 Å². The molecule has 0 aromatic heterocycles. The lowest BCUT2D eigenvalue weighted by Crippen LogP contribution is -2.25. The molecule has 0 bridgehead atoms. The Bertz CT molecular complexity index is 531. The summed E-state index contributed by atoms with van der Waals surface area (Å²) in [4.78, 5) is 0. The van der Waals surface area contributed by atoms with Crippen LogP contribution in [0.4, 0.5) is 5.69 Å². The SMILES string of the molecule is COc1cc(NC(C)CS(C)(=O)=O)cc(OC)c1OC. The molecule has 1 N–H and O–H groups in total. The second kappa shape index (κ2) is 6.69. The van der Waals surface area contributed by atoms with Gasteiger partial charge < -0.3 is 19.5 Å². The molecule has 7 heteroatoms. The summed E-state index contributed by atoms with van der Waals surface area (Å²) in [6.07, 6.45) is 1.21. The molecule has 0 aliphatic rings. The van der Waals surface area contributed by atoms with Crippen molar-refractivity contribution in [1.29, 1.82) is 0 Å². The lowest BCUT2D eigenvalue weighted by atomic mass is 10.2. The highest BCUT2D eigenvalue weighted by Gasteiger charge is 2.15. The van der Waals surface area contributed by atoms with Crippen LogP contribution >= 0.6 is 0 Å². The van der Waals surface area contributed by atoms with Crippen LogP contribution in [0.5, 0.6) is 17.2 Å². The van der Waals surface area contributed by atoms with Crippen molar-refractivity contribution in [3.63, 3.8) is 0 Å². The average molecular weight is 303 g/mol. The highest BCUT2D eigenvalue weighted by atomic mass is 32.2. The van der Waals surface area contributed by atoms with Crippen molar-refractivity contribution in [3.8, 4) is 17.2 Å². The van der Waals surface area contributed by atoms with Gasteiger partial charge in [-0.15, -0.1) is 0 Å². The zero-order valence-corrected chi connectivity index (χ0v) is 13.2. The molecular weight excluding hydrogens is 282 g/mol. The molecule has 114 valence electrons. The Morgan fingerprint density at radius 1 is 1.10 bits per heavy atom. The maximum absolute atomic E-state index is 11.3. The number of methoxy groups -OCH3 is 3. The van der Waals surface area contributed by atoms with Gasteiger partial charge in [0.05, 0.1) is 27.1 Å². The maximum Gasteiger partial charge on any atom is 0.203 e. The smallest absolute Gasteiger partial charge is 0.203 e. The molecule has 0 fully saturated rings. The van der Waals surface area contributed by atoms with Gasteiger partial charge in [0.15, 0.2) is 11.5 Å². The van der Waals surface area contributed by atoms with Gasteiger partial charge in [-0.25, -0.2) is 8.42 Å². The van der Waals surface area contributed by atoms with Crippen molar-refractivity contribution in [2.75, 3.05) is 38.7 Å². The largest absolute Gasteiger partial charge is 0.493 e. The van der Waals surface area contributed by atoms with E-state index in [1.807, 2.05) is 0 Å². The number of ether oxygens (including phenoxy) is 3. The van der Waals surface area contributed by atoms with Crippen molar-refractivity contribution in [2.24, 2.45) is 0 Å². The number of benzene rings is 1. The van der Waals surface area contributed by atoms with Gasteiger partial charge in [0, 0.05) is 30.1 Å². The molecule has 0 saturated carbocycles. The molecule has 1 rings (SSSR count). The number of rotatable bonds is 7. The molecule has 0 heterocycles. The molecule has 0 aliphatic heterocycles. The Kier molecular flexibility index (Phi) is 5.50. The molecule has 0 amide bonds. The minimum Gasteiger partial charge on any atom is -0.493 e. The fourth-order valence-electron chi connectivity index (χ4n) is 1.94. The third-order valence-corrected chi connectivity index (χ3v) is 3.74. The first-order valence-corrected chi connectivity index (χ1v) is 8.11. The number of anilines is 1. The van der Waals surface area contributed by atoms with E-state index in [1.165, 1.54) is 27.6 Å². The fraction of sp³-hybridized carbons (Fsp3) is 0.538. The Labute approximate surface area is 120 Å². The molecule has 20 heavy (non-hydrogen) atoms. The van der Waals surface area contributed by atoms with Crippen molar-refractivity contribution >= 4 is 15.5 Å². The van der Waals surface area contributed by atoms with Crippen LogP contribution in [-0.2, 0) is 9.84 Å². The zero-order chi connectivity index (χ0) is 15.3. The van der Waals surface area contributed by atoms with E-state index in [1.54, 1.807) is 19.1 Å². The molecule has 0 radical (unpaired) electrons. The van der Waals surface area contributed by atoms with Crippen molar-refractivity contribution in [2.45, 2.75) is 13.0 Å². The molecule has 1 atom stereocenters. The van der Waals surface area contributed by atoms with E-state index < -0.39 is 9.84 Å². The summed E-state index contributed by atoms with van der Waals surface area (Å²) in [5.74, 6) is 1.57. The van der Waals surface area contributed by atoms with Crippen molar-refractivity contribution in [3.05, 3.63) is 12.1 Å². The topological polar surface area (TPSA) is 73.9 Å². The normalized spacial score (nSPS) is 12.7. The van der Waals surface area contributed by atoms with E-state index >= 15 is 0 Å².